The monoisotopic (exact) mass is 357 g/mol. The molecule has 2 aromatic heterocycles. The largest absolute Gasteiger partial charge is 0.420 e. The normalized spacial score (nSPS) is 10.6. The Morgan fingerprint density at radius 1 is 1.21 bits per heavy atom. The maximum atomic E-state index is 9.26. The molecule has 8 heteroatoms. The predicted molar refractivity (Wildman–Crippen MR) is 90.5 cm³/mol. The maximum Gasteiger partial charge on any atom is 0.249 e. The van der Waals surface area contributed by atoms with Gasteiger partial charge in [-0.3, -0.25) is 0 Å². The van der Waals surface area contributed by atoms with Gasteiger partial charge in [0.05, 0.1) is 22.0 Å². The summed E-state index contributed by atoms with van der Waals surface area (Å²) in [5.74, 6) is 1.83. The molecule has 0 radical (unpaired) electrons. The van der Waals surface area contributed by atoms with Crippen molar-refractivity contribution in [3.8, 4) is 17.5 Å². The Kier molecular flexibility index (Phi) is 4.79. The van der Waals surface area contributed by atoms with Crippen LogP contribution in [0.1, 0.15) is 23.0 Å². The van der Waals surface area contributed by atoms with E-state index in [0.29, 0.717) is 50.2 Å². The molecule has 0 saturated heterocycles. The van der Waals surface area contributed by atoms with E-state index in [-0.39, 0.29) is 0 Å². The lowest BCUT2D eigenvalue weighted by Crippen LogP contribution is -1.99. The van der Waals surface area contributed by atoms with Crippen LogP contribution in [0.4, 0.5) is 0 Å². The molecule has 24 heavy (non-hydrogen) atoms. The summed E-state index contributed by atoms with van der Waals surface area (Å²) in [6, 6.07) is 9.41. The number of thioether (sulfide) groups is 1. The highest BCUT2D eigenvalue weighted by Gasteiger charge is 2.14. The van der Waals surface area contributed by atoms with Gasteiger partial charge in [0.15, 0.2) is 0 Å². The van der Waals surface area contributed by atoms with Crippen LogP contribution in [0, 0.1) is 25.2 Å². The average molecular weight is 358 g/mol. The molecular formula is C16H12ClN5OS. The van der Waals surface area contributed by atoms with Crippen LogP contribution in [0.25, 0.3) is 11.5 Å². The summed E-state index contributed by atoms with van der Waals surface area (Å²) in [7, 11) is 0. The van der Waals surface area contributed by atoms with Crippen LogP contribution < -0.4 is 0 Å². The molecule has 0 atom stereocenters. The number of nitrogens with zero attached hydrogens (tertiary/aromatic N) is 5. The highest BCUT2D eigenvalue weighted by Crippen LogP contribution is 2.29. The molecule has 2 heterocycles. The van der Waals surface area contributed by atoms with Gasteiger partial charge in [-0.25, -0.2) is 9.97 Å². The zero-order valence-electron chi connectivity index (χ0n) is 12.9. The van der Waals surface area contributed by atoms with Crippen molar-refractivity contribution in [2.75, 3.05) is 0 Å². The molecule has 0 unspecified atom stereocenters. The van der Waals surface area contributed by atoms with Crippen molar-refractivity contribution in [3.63, 3.8) is 0 Å². The molecule has 3 rings (SSSR count). The third kappa shape index (κ3) is 3.40. The number of aryl methyl sites for hydroxylation is 2. The molecule has 0 N–H and O–H groups in total. The molecule has 6 nitrogen and oxygen atoms in total. The number of nitriles is 1. The first-order chi connectivity index (χ1) is 11.6. The molecule has 0 fully saturated rings. The van der Waals surface area contributed by atoms with Crippen LogP contribution in [0.2, 0.25) is 5.02 Å². The van der Waals surface area contributed by atoms with E-state index in [4.69, 9.17) is 16.0 Å². The average Bonchev–Trinajstić information content (AvgIpc) is 3.01. The van der Waals surface area contributed by atoms with Crippen LogP contribution in [0.15, 0.2) is 33.7 Å². The zero-order chi connectivity index (χ0) is 17.1. The summed E-state index contributed by atoms with van der Waals surface area (Å²) in [6.45, 7) is 3.58. The molecule has 0 bridgehead atoms. The fraction of sp³-hybridized carbons (Fsp3) is 0.188. The van der Waals surface area contributed by atoms with Crippen molar-refractivity contribution in [3.05, 3.63) is 52.3 Å². The highest BCUT2D eigenvalue weighted by atomic mass is 35.5. The van der Waals surface area contributed by atoms with Crippen molar-refractivity contribution >= 4 is 23.4 Å². The number of benzene rings is 1. The van der Waals surface area contributed by atoms with E-state index in [9.17, 15) is 5.26 Å². The van der Waals surface area contributed by atoms with Gasteiger partial charge < -0.3 is 4.42 Å². The van der Waals surface area contributed by atoms with Gasteiger partial charge in [-0.2, -0.15) is 5.26 Å². The van der Waals surface area contributed by atoms with Crippen LogP contribution in [-0.2, 0) is 5.75 Å². The van der Waals surface area contributed by atoms with Gasteiger partial charge in [-0.1, -0.05) is 35.5 Å². The van der Waals surface area contributed by atoms with Crippen molar-refractivity contribution in [2.45, 2.75) is 24.6 Å². The van der Waals surface area contributed by atoms with Crippen molar-refractivity contribution < 1.29 is 4.42 Å². The fourth-order valence-electron chi connectivity index (χ4n) is 2.10. The Morgan fingerprint density at radius 2 is 2.00 bits per heavy atom. The quantitative estimate of drug-likeness (QED) is 0.515. The first-order valence-electron chi connectivity index (χ1n) is 7.04. The van der Waals surface area contributed by atoms with Crippen LogP contribution >= 0.6 is 23.4 Å². The topological polar surface area (TPSA) is 88.5 Å². The first kappa shape index (κ1) is 16.4. The second kappa shape index (κ2) is 6.99. The predicted octanol–water partition coefficient (Wildman–Crippen LogP) is 3.96. The van der Waals surface area contributed by atoms with Crippen molar-refractivity contribution in [2.24, 2.45) is 0 Å². The standard InChI is InChI=1S/C16H12ClN5OS/c1-9-12(7-18)16(20-10(2)19-9)24-8-14-21-22-15(23-14)11-5-3-4-6-13(11)17/h3-6H,8H2,1-2H3. The third-order valence-corrected chi connectivity index (χ3v) is 4.47. The summed E-state index contributed by atoms with van der Waals surface area (Å²) in [5.41, 5.74) is 1.82. The van der Waals surface area contributed by atoms with Gasteiger partial charge in [0.1, 0.15) is 22.5 Å². The molecule has 0 amide bonds. The van der Waals surface area contributed by atoms with Crippen molar-refractivity contribution in [1.82, 2.24) is 20.2 Å². The Balaban J connectivity index is 1.80. The lowest BCUT2D eigenvalue weighted by molar-refractivity contribution is 0.528. The minimum absolute atomic E-state index is 0.367. The van der Waals surface area contributed by atoms with Crippen LogP contribution in [0.3, 0.4) is 0 Å². The lowest BCUT2D eigenvalue weighted by atomic mass is 10.2. The van der Waals surface area contributed by atoms with Gasteiger partial charge in [0, 0.05) is 0 Å². The minimum Gasteiger partial charge on any atom is -0.420 e. The van der Waals surface area contributed by atoms with E-state index >= 15 is 0 Å². The van der Waals surface area contributed by atoms with E-state index in [1.807, 2.05) is 18.2 Å². The smallest absolute Gasteiger partial charge is 0.249 e. The van der Waals surface area contributed by atoms with Crippen LogP contribution in [0.5, 0.6) is 0 Å². The van der Waals surface area contributed by atoms with E-state index in [1.165, 1.54) is 11.8 Å². The summed E-state index contributed by atoms with van der Waals surface area (Å²) >= 11 is 7.49. The summed E-state index contributed by atoms with van der Waals surface area (Å²) in [4.78, 5) is 8.52. The van der Waals surface area contributed by atoms with Gasteiger partial charge >= 0.3 is 0 Å². The molecule has 0 aliphatic carbocycles. The van der Waals surface area contributed by atoms with Crippen molar-refractivity contribution in [1.29, 1.82) is 5.26 Å². The van der Waals surface area contributed by atoms with Gasteiger partial charge in [0.2, 0.25) is 11.8 Å². The summed E-state index contributed by atoms with van der Waals surface area (Å²) in [6.07, 6.45) is 0. The fourth-order valence-corrected chi connectivity index (χ4v) is 3.23. The highest BCUT2D eigenvalue weighted by molar-refractivity contribution is 7.98. The SMILES string of the molecule is Cc1nc(C)c(C#N)c(SCc2nnc(-c3ccccc3Cl)o2)n1. The third-order valence-electron chi connectivity index (χ3n) is 3.18. The number of hydrogen-bond acceptors (Lipinski definition) is 7. The van der Waals surface area contributed by atoms with E-state index in [0.717, 1.165) is 0 Å². The van der Waals surface area contributed by atoms with Crippen LogP contribution in [-0.4, -0.2) is 20.2 Å². The number of halogens is 1. The Hall–Kier alpha value is -2.43. The second-order valence-electron chi connectivity index (χ2n) is 4.92. The Morgan fingerprint density at radius 3 is 2.75 bits per heavy atom. The minimum atomic E-state index is 0.367. The van der Waals surface area contributed by atoms with Gasteiger partial charge in [-0.15, -0.1) is 10.2 Å². The first-order valence-corrected chi connectivity index (χ1v) is 8.40. The van der Waals surface area contributed by atoms with Gasteiger partial charge in [-0.05, 0) is 26.0 Å². The molecule has 0 aliphatic rings. The summed E-state index contributed by atoms with van der Waals surface area (Å²) in [5, 5.41) is 18.5. The second-order valence-corrected chi connectivity index (χ2v) is 6.29. The lowest BCUT2D eigenvalue weighted by Gasteiger charge is -2.04. The summed E-state index contributed by atoms with van der Waals surface area (Å²) < 4.78 is 5.65. The molecule has 0 spiro atoms. The zero-order valence-corrected chi connectivity index (χ0v) is 14.5. The molecule has 120 valence electrons. The van der Waals surface area contributed by atoms with E-state index in [2.05, 4.69) is 26.2 Å². The number of rotatable bonds is 4. The molecule has 3 aromatic rings. The van der Waals surface area contributed by atoms with Gasteiger partial charge in [0.25, 0.3) is 0 Å². The van der Waals surface area contributed by atoms with E-state index < -0.39 is 0 Å². The number of aromatic nitrogens is 4. The van der Waals surface area contributed by atoms with E-state index in [1.54, 1.807) is 19.9 Å². The Bertz CT molecular complexity index is 934. The maximum absolute atomic E-state index is 9.26. The molecule has 0 saturated carbocycles. The number of hydrogen-bond donors (Lipinski definition) is 0. The molecule has 0 aliphatic heterocycles. The molecule has 1 aromatic carbocycles. The molecular weight excluding hydrogens is 346 g/mol. The Labute approximate surface area is 147 Å².